The molecule has 0 saturated carbocycles. The lowest BCUT2D eigenvalue weighted by Crippen LogP contribution is -2.37. The number of hydrogen-bond donors (Lipinski definition) is 0. The summed E-state index contributed by atoms with van der Waals surface area (Å²) in [5, 5.41) is 14.8. The van der Waals surface area contributed by atoms with E-state index in [1.54, 1.807) is 4.90 Å². The number of aromatic nitrogens is 2. The third-order valence-electron chi connectivity index (χ3n) is 2.87. The molecule has 0 saturated heterocycles. The van der Waals surface area contributed by atoms with Gasteiger partial charge in [-0.25, -0.2) is 0 Å². The molecule has 0 N–H and O–H groups in total. The molecule has 92 valence electrons. The van der Waals surface area contributed by atoms with Crippen molar-refractivity contribution in [3.63, 3.8) is 0 Å². The second kappa shape index (κ2) is 4.15. The van der Waals surface area contributed by atoms with Gasteiger partial charge in [0.25, 0.3) is 5.91 Å². The summed E-state index contributed by atoms with van der Waals surface area (Å²) in [5.41, 5.74) is -0.108. The molecule has 0 spiro atoms. The van der Waals surface area contributed by atoms with Crippen molar-refractivity contribution in [2.45, 2.75) is 32.9 Å². The number of fused-ring (bicyclic) bond motifs is 1. The molecule has 1 aromatic rings. The summed E-state index contributed by atoms with van der Waals surface area (Å²) < 4.78 is 1.43. The first-order valence-electron chi connectivity index (χ1n) is 5.53. The Kier molecular flexibility index (Phi) is 2.83. The van der Waals surface area contributed by atoms with Crippen LogP contribution in [0, 0.1) is 10.1 Å². The zero-order valence-corrected chi connectivity index (χ0v) is 9.79. The number of carbonyl (C=O) groups is 1. The highest BCUT2D eigenvalue weighted by molar-refractivity contribution is 5.96. The molecule has 0 bridgehead atoms. The van der Waals surface area contributed by atoms with Gasteiger partial charge in [0.05, 0.1) is 4.92 Å². The van der Waals surface area contributed by atoms with Crippen molar-refractivity contribution < 1.29 is 9.72 Å². The lowest BCUT2D eigenvalue weighted by Gasteiger charge is -2.24. The van der Waals surface area contributed by atoms with E-state index in [4.69, 9.17) is 0 Å². The van der Waals surface area contributed by atoms with Crippen molar-refractivity contribution in [3.8, 4) is 0 Å². The number of aryl methyl sites for hydroxylation is 1. The van der Waals surface area contributed by atoms with Gasteiger partial charge < -0.3 is 4.90 Å². The number of carbonyl (C=O) groups excluding carboxylic acids is 1. The summed E-state index contributed by atoms with van der Waals surface area (Å²) in [7, 11) is 0. The molecule has 0 aromatic carbocycles. The Morgan fingerprint density at radius 1 is 1.47 bits per heavy atom. The van der Waals surface area contributed by atoms with E-state index in [9.17, 15) is 14.9 Å². The molecule has 0 aliphatic carbocycles. The standard InChI is InChI=1S/C10H14N4O3/c1-7(2)12-4-3-5-13-9(10(12)15)8(6-11-13)14(16)17/h6-7H,3-5H2,1-2H3. The second-order valence-corrected chi connectivity index (χ2v) is 4.30. The molecule has 1 aliphatic heterocycles. The molecule has 2 rings (SSSR count). The van der Waals surface area contributed by atoms with Crippen LogP contribution in [0.2, 0.25) is 0 Å². The van der Waals surface area contributed by atoms with Gasteiger partial charge in [0.1, 0.15) is 6.20 Å². The zero-order valence-electron chi connectivity index (χ0n) is 9.79. The molecule has 0 unspecified atom stereocenters. The first-order chi connectivity index (χ1) is 8.02. The van der Waals surface area contributed by atoms with Crippen LogP contribution >= 0.6 is 0 Å². The van der Waals surface area contributed by atoms with Gasteiger partial charge in [-0.15, -0.1) is 0 Å². The van der Waals surface area contributed by atoms with Gasteiger partial charge in [-0.1, -0.05) is 0 Å². The number of rotatable bonds is 2. The van der Waals surface area contributed by atoms with E-state index in [0.717, 1.165) is 12.6 Å². The van der Waals surface area contributed by atoms with Crippen LogP contribution in [0.25, 0.3) is 0 Å². The second-order valence-electron chi connectivity index (χ2n) is 4.30. The van der Waals surface area contributed by atoms with Crippen molar-refractivity contribution >= 4 is 11.6 Å². The number of hydrogen-bond acceptors (Lipinski definition) is 4. The number of nitrogens with zero attached hydrogens (tertiary/aromatic N) is 4. The Labute approximate surface area is 98.2 Å². The van der Waals surface area contributed by atoms with Crippen LogP contribution in [-0.2, 0) is 6.54 Å². The van der Waals surface area contributed by atoms with E-state index >= 15 is 0 Å². The molecule has 2 heterocycles. The fourth-order valence-corrected chi connectivity index (χ4v) is 2.02. The van der Waals surface area contributed by atoms with Gasteiger partial charge in [-0.3, -0.25) is 19.6 Å². The predicted molar refractivity (Wildman–Crippen MR) is 59.7 cm³/mol. The van der Waals surface area contributed by atoms with Crippen LogP contribution in [0.1, 0.15) is 30.8 Å². The van der Waals surface area contributed by atoms with Gasteiger partial charge in [0, 0.05) is 19.1 Å². The quantitative estimate of drug-likeness (QED) is 0.569. The minimum absolute atomic E-state index is 0.0311. The highest BCUT2D eigenvalue weighted by Crippen LogP contribution is 2.23. The minimum Gasteiger partial charge on any atom is -0.335 e. The van der Waals surface area contributed by atoms with E-state index in [1.807, 2.05) is 13.8 Å². The molecule has 0 atom stereocenters. The molecule has 1 aromatic heterocycles. The van der Waals surface area contributed by atoms with Gasteiger partial charge >= 0.3 is 5.69 Å². The van der Waals surface area contributed by atoms with Gasteiger partial charge in [0.2, 0.25) is 5.69 Å². The maximum Gasteiger partial charge on any atom is 0.320 e. The summed E-state index contributed by atoms with van der Waals surface area (Å²) in [6.07, 6.45) is 1.91. The third kappa shape index (κ3) is 1.88. The fraction of sp³-hybridized carbons (Fsp3) is 0.600. The topological polar surface area (TPSA) is 81.3 Å². The summed E-state index contributed by atoms with van der Waals surface area (Å²) in [4.78, 5) is 24.2. The Bertz CT molecular complexity index is 466. The first kappa shape index (κ1) is 11.6. The van der Waals surface area contributed by atoms with Gasteiger partial charge in [0.15, 0.2) is 0 Å². The van der Waals surface area contributed by atoms with Crippen LogP contribution in [0.5, 0.6) is 0 Å². The third-order valence-corrected chi connectivity index (χ3v) is 2.87. The largest absolute Gasteiger partial charge is 0.335 e. The van der Waals surface area contributed by atoms with Crippen molar-refractivity contribution in [1.82, 2.24) is 14.7 Å². The molecule has 0 fully saturated rings. The molecular formula is C10H14N4O3. The number of nitro groups is 1. The Hall–Kier alpha value is -1.92. The average Bonchev–Trinajstić information content (AvgIpc) is 2.60. The number of amides is 1. The minimum atomic E-state index is -0.555. The highest BCUT2D eigenvalue weighted by Gasteiger charge is 2.33. The van der Waals surface area contributed by atoms with Crippen molar-refractivity contribution in [2.75, 3.05) is 6.54 Å². The highest BCUT2D eigenvalue weighted by atomic mass is 16.6. The first-order valence-corrected chi connectivity index (χ1v) is 5.53. The molecule has 17 heavy (non-hydrogen) atoms. The van der Waals surface area contributed by atoms with E-state index in [0.29, 0.717) is 13.1 Å². The Morgan fingerprint density at radius 2 is 2.18 bits per heavy atom. The Morgan fingerprint density at radius 3 is 2.76 bits per heavy atom. The van der Waals surface area contributed by atoms with Crippen LogP contribution < -0.4 is 0 Å². The molecular weight excluding hydrogens is 224 g/mol. The fourth-order valence-electron chi connectivity index (χ4n) is 2.02. The maximum atomic E-state index is 12.2. The normalized spacial score (nSPS) is 15.9. The van der Waals surface area contributed by atoms with Gasteiger partial charge in [-0.05, 0) is 20.3 Å². The van der Waals surface area contributed by atoms with E-state index in [-0.39, 0.29) is 23.3 Å². The monoisotopic (exact) mass is 238 g/mol. The maximum absolute atomic E-state index is 12.2. The van der Waals surface area contributed by atoms with Crippen molar-refractivity contribution in [1.29, 1.82) is 0 Å². The lowest BCUT2D eigenvalue weighted by atomic mass is 10.2. The zero-order chi connectivity index (χ0) is 12.6. The lowest BCUT2D eigenvalue weighted by molar-refractivity contribution is -0.385. The molecule has 0 radical (unpaired) electrons. The smallest absolute Gasteiger partial charge is 0.320 e. The molecule has 1 amide bonds. The van der Waals surface area contributed by atoms with Crippen LogP contribution in [-0.4, -0.2) is 38.1 Å². The van der Waals surface area contributed by atoms with Crippen LogP contribution in [0.15, 0.2) is 6.20 Å². The average molecular weight is 238 g/mol. The summed E-state index contributed by atoms with van der Waals surface area (Å²) >= 11 is 0. The van der Waals surface area contributed by atoms with Crippen molar-refractivity contribution in [2.24, 2.45) is 0 Å². The summed E-state index contributed by atoms with van der Waals surface area (Å²) in [6.45, 7) is 4.95. The molecule has 7 nitrogen and oxygen atoms in total. The van der Waals surface area contributed by atoms with E-state index in [2.05, 4.69) is 5.10 Å². The van der Waals surface area contributed by atoms with Crippen LogP contribution in [0.4, 0.5) is 5.69 Å². The molecule has 7 heteroatoms. The Balaban J connectivity index is 2.48. The van der Waals surface area contributed by atoms with E-state index < -0.39 is 4.92 Å². The summed E-state index contributed by atoms with van der Waals surface area (Å²) in [6, 6.07) is 0.0311. The van der Waals surface area contributed by atoms with Gasteiger partial charge in [-0.2, -0.15) is 5.10 Å². The van der Waals surface area contributed by atoms with Crippen molar-refractivity contribution in [3.05, 3.63) is 22.0 Å². The predicted octanol–water partition coefficient (Wildman–Crippen LogP) is 1.05. The van der Waals surface area contributed by atoms with Crippen LogP contribution in [0.3, 0.4) is 0 Å². The van der Waals surface area contributed by atoms with E-state index in [1.165, 1.54) is 4.68 Å². The SMILES string of the molecule is CC(C)N1CCCn2ncc([N+](=O)[O-])c2C1=O. The summed E-state index contributed by atoms with van der Waals surface area (Å²) in [5.74, 6) is -0.304. The molecule has 1 aliphatic rings.